The molecule has 1 atom stereocenters. The minimum Gasteiger partial charge on any atom is -0.493 e. The Kier molecular flexibility index (Phi) is 7.69. The van der Waals surface area contributed by atoms with Gasteiger partial charge >= 0.3 is 5.97 Å². The van der Waals surface area contributed by atoms with Crippen LogP contribution >= 0.6 is 23.1 Å². The summed E-state index contributed by atoms with van der Waals surface area (Å²) in [7, 11) is 0. The standard InChI is InChI=1S/C24H25N3O5S2/c1-2-32-23(31)21-16-9-8-15(14-6-4-3-5-7-14)12-17(16)34-22(21)25-18(28)10-11-33-24-26-19(29)13-20(30)27-24/h3-7,13,15H,2,8-12H2,1H3,(H,25,28)(H2,26,27,29,30). The molecular weight excluding hydrogens is 474 g/mol. The lowest BCUT2D eigenvalue weighted by molar-refractivity contribution is -0.115. The van der Waals surface area contributed by atoms with Crippen molar-refractivity contribution in [3.8, 4) is 5.88 Å². The van der Waals surface area contributed by atoms with Gasteiger partial charge in [-0.1, -0.05) is 42.1 Å². The van der Waals surface area contributed by atoms with Gasteiger partial charge in [-0.25, -0.2) is 4.79 Å². The topological polar surface area (TPSA) is 121 Å². The highest BCUT2D eigenvalue weighted by atomic mass is 32.2. The molecule has 0 fully saturated rings. The number of aromatic amines is 1. The summed E-state index contributed by atoms with van der Waals surface area (Å²) in [6, 6.07) is 11.3. The van der Waals surface area contributed by atoms with Crippen molar-refractivity contribution in [2.45, 2.75) is 43.7 Å². The number of hydrogen-bond donors (Lipinski definition) is 3. The molecule has 3 aromatic rings. The van der Waals surface area contributed by atoms with Crippen LogP contribution in [0.3, 0.4) is 0 Å². The summed E-state index contributed by atoms with van der Waals surface area (Å²) < 4.78 is 5.29. The molecule has 1 aromatic carbocycles. The van der Waals surface area contributed by atoms with Crippen LogP contribution < -0.4 is 10.9 Å². The van der Waals surface area contributed by atoms with E-state index in [0.717, 1.165) is 47.5 Å². The van der Waals surface area contributed by atoms with E-state index >= 15 is 0 Å². The minimum atomic E-state index is -0.462. The van der Waals surface area contributed by atoms with Gasteiger partial charge in [0, 0.05) is 17.1 Å². The summed E-state index contributed by atoms with van der Waals surface area (Å²) in [6.07, 6.45) is 2.64. The zero-order valence-corrected chi connectivity index (χ0v) is 20.3. The number of thiophene rings is 1. The van der Waals surface area contributed by atoms with Gasteiger partial charge in [-0.3, -0.25) is 9.59 Å². The molecule has 0 aliphatic heterocycles. The van der Waals surface area contributed by atoms with Crippen molar-refractivity contribution >= 4 is 40.0 Å². The molecule has 0 saturated carbocycles. The van der Waals surface area contributed by atoms with Crippen molar-refractivity contribution in [1.29, 1.82) is 0 Å². The maximum atomic E-state index is 12.8. The number of rotatable bonds is 8. The summed E-state index contributed by atoms with van der Waals surface area (Å²) in [6.45, 7) is 2.02. The lowest BCUT2D eigenvalue weighted by atomic mass is 9.83. The number of nitrogens with zero attached hydrogens (tertiary/aromatic N) is 1. The zero-order valence-electron chi connectivity index (χ0n) is 18.6. The summed E-state index contributed by atoms with van der Waals surface area (Å²) >= 11 is 2.60. The van der Waals surface area contributed by atoms with Crippen LogP contribution in [0.4, 0.5) is 5.00 Å². The van der Waals surface area contributed by atoms with E-state index in [1.807, 2.05) is 18.2 Å². The molecule has 8 nitrogen and oxygen atoms in total. The molecule has 0 radical (unpaired) electrons. The number of aromatic nitrogens is 2. The van der Waals surface area contributed by atoms with E-state index in [1.54, 1.807) is 6.92 Å². The number of nitrogens with one attached hydrogen (secondary N) is 2. The van der Waals surface area contributed by atoms with E-state index in [1.165, 1.54) is 16.9 Å². The first-order valence-corrected chi connectivity index (χ1v) is 12.8. The average molecular weight is 500 g/mol. The molecule has 2 aromatic heterocycles. The summed E-state index contributed by atoms with van der Waals surface area (Å²) in [5.74, 6) is -0.316. The Morgan fingerprint density at radius 1 is 1.32 bits per heavy atom. The monoisotopic (exact) mass is 499 g/mol. The van der Waals surface area contributed by atoms with Crippen LogP contribution in [0.25, 0.3) is 0 Å². The van der Waals surface area contributed by atoms with Crippen molar-refractivity contribution in [3.63, 3.8) is 0 Å². The molecule has 0 spiro atoms. The highest BCUT2D eigenvalue weighted by Gasteiger charge is 2.30. The van der Waals surface area contributed by atoms with Crippen LogP contribution in [0.5, 0.6) is 5.88 Å². The van der Waals surface area contributed by atoms with Gasteiger partial charge < -0.3 is 20.1 Å². The van der Waals surface area contributed by atoms with Gasteiger partial charge in [-0.15, -0.1) is 11.3 Å². The molecule has 0 saturated heterocycles. The SMILES string of the molecule is CCOC(=O)c1c(NC(=O)CCSc2nc(O)cc(=O)[nH]2)sc2c1CCC(c1ccccc1)C2. The summed E-state index contributed by atoms with van der Waals surface area (Å²) in [4.78, 5) is 44.3. The molecule has 2 heterocycles. The Hall–Kier alpha value is -3.11. The molecule has 178 valence electrons. The second-order valence-corrected chi connectivity index (χ2v) is 10.0. The van der Waals surface area contributed by atoms with Crippen molar-refractivity contribution in [1.82, 2.24) is 9.97 Å². The Morgan fingerprint density at radius 2 is 2.12 bits per heavy atom. The zero-order chi connectivity index (χ0) is 24.1. The number of benzene rings is 1. The van der Waals surface area contributed by atoms with Crippen LogP contribution in [0.1, 0.15) is 52.0 Å². The van der Waals surface area contributed by atoms with Crippen LogP contribution in [-0.4, -0.2) is 39.3 Å². The molecule has 0 bridgehead atoms. The first kappa shape index (κ1) is 24.0. The molecule has 3 N–H and O–H groups in total. The van der Waals surface area contributed by atoms with E-state index in [9.17, 15) is 19.5 Å². The van der Waals surface area contributed by atoms with Crippen molar-refractivity contribution in [2.75, 3.05) is 17.7 Å². The predicted octanol–water partition coefficient (Wildman–Crippen LogP) is 4.11. The van der Waals surface area contributed by atoms with E-state index in [-0.39, 0.29) is 30.0 Å². The fraction of sp³-hybridized carbons (Fsp3) is 0.333. The van der Waals surface area contributed by atoms with Crippen LogP contribution in [0.15, 0.2) is 46.3 Å². The highest BCUT2D eigenvalue weighted by molar-refractivity contribution is 7.99. The minimum absolute atomic E-state index is 0.140. The average Bonchev–Trinajstić information content (AvgIpc) is 3.16. The van der Waals surface area contributed by atoms with Crippen molar-refractivity contribution < 1.29 is 19.4 Å². The van der Waals surface area contributed by atoms with Gasteiger partial charge in [0.15, 0.2) is 5.16 Å². The van der Waals surface area contributed by atoms with Crippen molar-refractivity contribution in [3.05, 3.63) is 68.3 Å². The number of H-pyrrole nitrogens is 1. The van der Waals surface area contributed by atoms with Crippen LogP contribution in [-0.2, 0) is 22.4 Å². The lowest BCUT2D eigenvalue weighted by Gasteiger charge is -2.23. The van der Waals surface area contributed by atoms with E-state index in [2.05, 4.69) is 27.4 Å². The van der Waals surface area contributed by atoms with Gasteiger partial charge in [-0.2, -0.15) is 4.98 Å². The number of esters is 1. The third-order valence-corrected chi connectivity index (χ3v) is 7.59. The first-order chi connectivity index (χ1) is 16.4. The van der Waals surface area contributed by atoms with Gasteiger partial charge in [0.1, 0.15) is 5.00 Å². The van der Waals surface area contributed by atoms with Crippen LogP contribution in [0, 0.1) is 0 Å². The van der Waals surface area contributed by atoms with E-state index in [4.69, 9.17) is 4.74 Å². The predicted molar refractivity (Wildman–Crippen MR) is 132 cm³/mol. The number of carbonyl (C=O) groups excluding carboxylic acids is 2. The Bertz CT molecular complexity index is 1240. The normalized spacial score (nSPS) is 14.9. The Morgan fingerprint density at radius 3 is 2.85 bits per heavy atom. The number of thioether (sulfide) groups is 1. The number of fused-ring (bicyclic) bond motifs is 1. The molecule has 1 aliphatic rings. The van der Waals surface area contributed by atoms with E-state index in [0.29, 0.717) is 22.2 Å². The molecule has 1 aliphatic carbocycles. The molecular formula is C24H25N3O5S2. The third-order valence-electron chi connectivity index (χ3n) is 5.54. The lowest BCUT2D eigenvalue weighted by Crippen LogP contribution is -2.17. The van der Waals surface area contributed by atoms with Gasteiger partial charge in [0.2, 0.25) is 11.8 Å². The number of hydrogen-bond acceptors (Lipinski definition) is 8. The highest BCUT2D eigenvalue weighted by Crippen LogP contribution is 2.42. The second-order valence-electron chi connectivity index (χ2n) is 7.83. The first-order valence-electron chi connectivity index (χ1n) is 11.0. The number of aromatic hydroxyl groups is 1. The molecule has 1 amide bonds. The quantitative estimate of drug-likeness (QED) is 0.242. The largest absolute Gasteiger partial charge is 0.493 e. The fourth-order valence-corrected chi connectivity index (χ4v) is 6.17. The maximum absolute atomic E-state index is 12.8. The molecule has 4 rings (SSSR count). The molecule has 1 unspecified atom stereocenters. The fourth-order valence-electron chi connectivity index (χ4n) is 4.02. The molecule has 34 heavy (non-hydrogen) atoms. The maximum Gasteiger partial charge on any atom is 0.341 e. The number of ether oxygens (including phenoxy) is 1. The Balaban J connectivity index is 1.47. The smallest absolute Gasteiger partial charge is 0.341 e. The van der Waals surface area contributed by atoms with E-state index < -0.39 is 11.5 Å². The third kappa shape index (κ3) is 5.68. The summed E-state index contributed by atoms with van der Waals surface area (Å²) in [5.41, 5.74) is 2.26. The van der Waals surface area contributed by atoms with Crippen LogP contribution in [0.2, 0.25) is 0 Å². The number of anilines is 1. The molecule has 10 heteroatoms. The number of carbonyl (C=O) groups is 2. The van der Waals surface area contributed by atoms with Gasteiger partial charge in [0.05, 0.1) is 18.2 Å². The van der Waals surface area contributed by atoms with Gasteiger partial charge in [0.25, 0.3) is 5.56 Å². The number of amides is 1. The summed E-state index contributed by atoms with van der Waals surface area (Å²) in [5, 5.41) is 13.1. The van der Waals surface area contributed by atoms with Crippen molar-refractivity contribution in [2.24, 2.45) is 0 Å². The second kappa shape index (κ2) is 10.9. The Labute approximate surface area is 204 Å². The van der Waals surface area contributed by atoms with Gasteiger partial charge in [-0.05, 0) is 43.2 Å².